The van der Waals surface area contributed by atoms with E-state index in [0.717, 1.165) is 27.5 Å². The fraction of sp³-hybridized carbons (Fsp3) is 0.265. The number of hydrogen-bond acceptors (Lipinski definition) is 5. The van der Waals surface area contributed by atoms with Crippen molar-refractivity contribution in [3.05, 3.63) is 114 Å². The van der Waals surface area contributed by atoms with Gasteiger partial charge in [0.05, 0.1) is 19.2 Å². The molecule has 0 saturated carbocycles. The van der Waals surface area contributed by atoms with Gasteiger partial charge in [0.15, 0.2) is 0 Å². The number of fused-ring (bicyclic) bond motifs is 2. The lowest BCUT2D eigenvalue weighted by molar-refractivity contribution is -0.171. The number of nitrogens with one attached hydrogen (secondary N) is 1. The maximum absolute atomic E-state index is 14.2. The highest BCUT2D eigenvalue weighted by atomic mass is 16.3. The van der Waals surface area contributed by atoms with E-state index in [-0.39, 0.29) is 50.1 Å². The summed E-state index contributed by atoms with van der Waals surface area (Å²) in [5.74, 6) is -0.383. The van der Waals surface area contributed by atoms with Crippen molar-refractivity contribution in [2.45, 2.75) is 44.2 Å². The minimum atomic E-state index is -0.866. The molecule has 2 fully saturated rings. The van der Waals surface area contributed by atoms with Crippen LogP contribution in [0, 0.1) is 0 Å². The normalized spacial score (nSPS) is 20.3. The fourth-order valence-corrected chi connectivity index (χ4v) is 6.26. The van der Waals surface area contributed by atoms with Crippen LogP contribution in [0.3, 0.4) is 0 Å². The van der Waals surface area contributed by atoms with Crippen molar-refractivity contribution in [3.8, 4) is 5.75 Å². The molecule has 3 atom stereocenters. The average molecular weight is 579 g/mol. The maximum Gasteiger partial charge on any atom is 0.319 e. The smallest absolute Gasteiger partial charge is 0.319 e. The molecule has 2 heterocycles. The number of urea groups is 1. The van der Waals surface area contributed by atoms with Gasteiger partial charge in [0.2, 0.25) is 11.8 Å². The van der Waals surface area contributed by atoms with E-state index in [9.17, 15) is 24.6 Å². The highest BCUT2D eigenvalue weighted by molar-refractivity contribution is 5.92. The van der Waals surface area contributed by atoms with E-state index in [4.69, 9.17) is 0 Å². The molecule has 9 nitrogen and oxygen atoms in total. The number of phenols is 1. The number of benzene rings is 4. The number of rotatable bonds is 7. The van der Waals surface area contributed by atoms with Crippen LogP contribution in [0.25, 0.3) is 10.8 Å². The molecule has 220 valence electrons. The summed E-state index contributed by atoms with van der Waals surface area (Å²) in [4.78, 5) is 46.4. The standard InChI is InChI=1S/C34H34N4O5/c39-22-27-18-32(41)38-30(17-23-13-15-28(40)16-14-23)33(42)36(20-26-11-6-10-25-9-4-5-12-29(25)26)21-31(38)37(27)34(43)35-19-24-7-2-1-3-8-24/h1-16,27,30-31,39-40H,17-22H2,(H,35,43)/t27-,30?,31?/m1/s1. The second-order valence-electron chi connectivity index (χ2n) is 11.1. The Morgan fingerprint density at radius 1 is 0.860 bits per heavy atom. The molecular weight excluding hydrogens is 544 g/mol. The number of piperazine rings is 1. The average Bonchev–Trinajstić information content (AvgIpc) is 3.03. The molecule has 9 heteroatoms. The highest BCUT2D eigenvalue weighted by Crippen LogP contribution is 2.32. The molecule has 0 radical (unpaired) electrons. The first-order valence-corrected chi connectivity index (χ1v) is 14.5. The number of nitrogens with zero attached hydrogens (tertiary/aromatic N) is 3. The zero-order valence-corrected chi connectivity index (χ0v) is 23.7. The van der Waals surface area contributed by atoms with Crippen molar-refractivity contribution in [1.82, 2.24) is 20.0 Å². The first-order valence-electron chi connectivity index (χ1n) is 14.5. The van der Waals surface area contributed by atoms with Crippen molar-refractivity contribution in [3.63, 3.8) is 0 Å². The largest absolute Gasteiger partial charge is 0.508 e. The van der Waals surface area contributed by atoms with E-state index < -0.39 is 24.3 Å². The van der Waals surface area contributed by atoms with Gasteiger partial charge in [0, 0.05) is 25.9 Å². The van der Waals surface area contributed by atoms with Gasteiger partial charge in [-0.1, -0.05) is 84.9 Å². The van der Waals surface area contributed by atoms with Gasteiger partial charge in [-0.3, -0.25) is 14.5 Å². The Morgan fingerprint density at radius 2 is 1.58 bits per heavy atom. The lowest BCUT2D eigenvalue weighted by Gasteiger charge is -2.54. The number of amides is 4. The first-order chi connectivity index (χ1) is 20.9. The molecule has 0 aliphatic carbocycles. The van der Waals surface area contributed by atoms with Gasteiger partial charge in [-0.05, 0) is 39.6 Å². The summed E-state index contributed by atoms with van der Waals surface area (Å²) in [6.45, 7) is 0.308. The number of hydrogen-bond donors (Lipinski definition) is 3. The summed E-state index contributed by atoms with van der Waals surface area (Å²) < 4.78 is 0. The monoisotopic (exact) mass is 578 g/mol. The molecular formula is C34H34N4O5. The predicted molar refractivity (Wildman–Crippen MR) is 162 cm³/mol. The van der Waals surface area contributed by atoms with Crippen molar-refractivity contribution < 1.29 is 24.6 Å². The molecule has 4 aromatic carbocycles. The second-order valence-corrected chi connectivity index (χ2v) is 11.1. The third kappa shape index (κ3) is 5.76. The fourth-order valence-electron chi connectivity index (χ4n) is 6.26. The molecule has 4 amide bonds. The number of carbonyl (C=O) groups excluding carboxylic acids is 3. The molecule has 3 N–H and O–H groups in total. The van der Waals surface area contributed by atoms with Gasteiger partial charge in [0.1, 0.15) is 18.0 Å². The molecule has 2 saturated heterocycles. The lowest BCUT2D eigenvalue weighted by atomic mass is 9.94. The Balaban J connectivity index is 1.36. The van der Waals surface area contributed by atoms with Crippen LogP contribution in [-0.2, 0) is 29.1 Å². The van der Waals surface area contributed by atoms with Crippen LogP contribution in [-0.4, -0.2) is 74.2 Å². The summed E-state index contributed by atoms with van der Waals surface area (Å²) in [5, 5.41) is 25.2. The summed E-state index contributed by atoms with van der Waals surface area (Å²) in [5.41, 5.74) is 2.66. The molecule has 0 bridgehead atoms. The molecule has 0 aromatic heterocycles. The Labute approximate surface area is 249 Å². The van der Waals surface area contributed by atoms with Crippen molar-refractivity contribution in [1.29, 1.82) is 0 Å². The number of carbonyl (C=O) groups is 3. The minimum Gasteiger partial charge on any atom is -0.508 e. The van der Waals surface area contributed by atoms with Gasteiger partial charge in [-0.15, -0.1) is 0 Å². The molecule has 2 unspecified atom stereocenters. The summed E-state index contributed by atoms with van der Waals surface area (Å²) in [7, 11) is 0. The minimum absolute atomic E-state index is 0.0889. The highest BCUT2D eigenvalue weighted by Gasteiger charge is 2.51. The van der Waals surface area contributed by atoms with Gasteiger partial charge in [-0.2, -0.15) is 0 Å². The predicted octanol–water partition coefficient (Wildman–Crippen LogP) is 3.63. The van der Waals surface area contributed by atoms with Crippen LogP contribution < -0.4 is 5.32 Å². The molecule has 43 heavy (non-hydrogen) atoms. The molecule has 4 aromatic rings. The van der Waals surface area contributed by atoms with Crippen LogP contribution in [0.2, 0.25) is 0 Å². The van der Waals surface area contributed by atoms with Gasteiger partial charge >= 0.3 is 6.03 Å². The third-order valence-electron chi connectivity index (χ3n) is 8.39. The lowest BCUT2D eigenvalue weighted by Crippen LogP contribution is -2.74. The number of aromatic hydroxyl groups is 1. The van der Waals surface area contributed by atoms with E-state index in [1.165, 1.54) is 9.80 Å². The van der Waals surface area contributed by atoms with E-state index in [2.05, 4.69) is 5.32 Å². The Morgan fingerprint density at radius 3 is 2.35 bits per heavy atom. The Kier molecular flexibility index (Phi) is 7.98. The third-order valence-corrected chi connectivity index (χ3v) is 8.39. The summed E-state index contributed by atoms with van der Waals surface area (Å²) >= 11 is 0. The Bertz CT molecular complexity index is 1620. The molecule has 2 aliphatic heterocycles. The maximum atomic E-state index is 14.2. The zero-order valence-electron chi connectivity index (χ0n) is 23.7. The van der Waals surface area contributed by atoms with Crippen molar-refractivity contribution >= 4 is 28.6 Å². The molecule has 0 spiro atoms. The van der Waals surface area contributed by atoms with Gasteiger partial charge < -0.3 is 25.3 Å². The van der Waals surface area contributed by atoms with Crippen LogP contribution in [0.5, 0.6) is 5.75 Å². The van der Waals surface area contributed by atoms with Gasteiger partial charge in [-0.25, -0.2) is 4.79 Å². The van der Waals surface area contributed by atoms with Crippen LogP contribution >= 0.6 is 0 Å². The first kappa shape index (κ1) is 28.2. The molecule has 2 aliphatic rings. The van der Waals surface area contributed by atoms with Crippen molar-refractivity contribution in [2.24, 2.45) is 0 Å². The Hall–Kier alpha value is -4.89. The topological polar surface area (TPSA) is 113 Å². The van der Waals surface area contributed by atoms with Crippen LogP contribution in [0.1, 0.15) is 23.1 Å². The van der Waals surface area contributed by atoms with Gasteiger partial charge in [0.25, 0.3) is 0 Å². The quantitative estimate of drug-likeness (QED) is 0.310. The SMILES string of the molecule is O=C1C(Cc2ccc(O)cc2)N2C(=O)C[C@H](CO)N(C(=O)NCc3ccccc3)C2CN1Cc1cccc2ccccc12. The molecule has 6 rings (SSSR count). The van der Waals surface area contributed by atoms with E-state index in [0.29, 0.717) is 6.54 Å². The van der Waals surface area contributed by atoms with Crippen LogP contribution in [0.4, 0.5) is 4.79 Å². The van der Waals surface area contributed by atoms with Crippen LogP contribution in [0.15, 0.2) is 97.1 Å². The number of phenolic OH excluding ortho intramolecular Hbond substituents is 1. The summed E-state index contributed by atoms with van der Waals surface area (Å²) in [6.07, 6.45) is -0.644. The van der Waals surface area contributed by atoms with E-state index in [1.807, 2.05) is 72.8 Å². The second kappa shape index (κ2) is 12.1. The van der Waals surface area contributed by atoms with E-state index >= 15 is 0 Å². The van der Waals surface area contributed by atoms with E-state index in [1.54, 1.807) is 29.2 Å². The van der Waals surface area contributed by atoms with Crippen molar-refractivity contribution in [2.75, 3.05) is 13.2 Å². The zero-order chi connectivity index (χ0) is 29.9. The number of aliphatic hydroxyl groups is 1. The number of aliphatic hydroxyl groups excluding tert-OH is 1. The summed E-state index contributed by atoms with van der Waals surface area (Å²) in [6, 6.07) is 28.0.